The van der Waals surface area contributed by atoms with Gasteiger partial charge in [-0.3, -0.25) is 9.48 Å². The van der Waals surface area contributed by atoms with Gasteiger partial charge in [-0.1, -0.05) is 31.4 Å². The standard InChI is InChI=1S/C32H46N4O6/c1-22-19-35-20-25(33-34-35)13-8-10-16-41-32(38)26-14-7-9-15-36(26)31(37)29(23-11-5-4-6-12-23)24-17-27(39-2)30(40-3)28(18-24)42-21-22/h17-18,20,22-23,26,29H,4-16,19,21H2,1-3H3/t22-,26-,29-/m0/s1. The first kappa shape index (κ1) is 30.2. The molecule has 1 aromatic carbocycles. The van der Waals surface area contributed by atoms with Crippen molar-refractivity contribution in [2.75, 3.05) is 34.0 Å². The minimum absolute atomic E-state index is 0.00373. The lowest BCUT2D eigenvalue weighted by molar-refractivity contribution is -0.158. The molecule has 0 radical (unpaired) electrons. The predicted molar refractivity (Wildman–Crippen MR) is 157 cm³/mol. The monoisotopic (exact) mass is 582 g/mol. The summed E-state index contributed by atoms with van der Waals surface area (Å²) in [6, 6.07) is 3.32. The Hall–Kier alpha value is -3.30. The van der Waals surface area contributed by atoms with Crippen LogP contribution in [-0.4, -0.2) is 71.8 Å². The van der Waals surface area contributed by atoms with Crippen molar-refractivity contribution in [1.29, 1.82) is 0 Å². The first-order valence-corrected chi connectivity index (χ1v) is 15.7. The molecule has 42 heavy (non-hydrogen) atoms. The number of benzene rings is 1. The highest BCUT2D eigenvalue weighted by Gasteiger charge is 2.41. The van der Waals surface area contributed by atoms with Crippen molar-refractivity contribution in [2.45, 2.75) is 96.1 Å². The van der Waals surface area contributed by atoms with Gasteiger partial charge in [0.1, 0.15) is 6.04 Å². The van der Waals surface area contributed by atoms with Crippen LogP contribution in [0.3, 0.4) is 0 Å². The summed E-state index contributed by atoms with van der Waals surface area (Å²) < 4.78 is 25.5. The molecule has 2 fully saturated rings. The third kappa shape index (κ3) is 7.01. The molecule has 230 valence electrons. The highest BCUT2D eigenvalue weighted by atomic mass is 16.5. The van der Waals surface area contributed by atoms with Gasteiger partial charge >= 0.3 is 5.97 Å². The lowest BCUT2D eigenvalue weighted by Crippen LogP contribution is -2.51. The zero-order valence-corrected chi connectivity index (χ0v) is 25.4. The number of aryl methyl sites for hydroxylation is 1. The average molecular weight is 583 g/mol. The molecule has 0 N–H and O–H groups in total. The number of fused-ring (bicyclic) bond motifs is 5. The van der Waals surface area contributed by atoms with Gasteiger partial charge in [-0.15, -0.1) is 5.10 Å². The molecule has 2 aromatic rings. The molecule has 5 rings (SSSR count). The van der Waals surface area contributed by atoms with Crippen LogP contribution in [0.15, 0.2) is 18.3 Å². The largest absolute Gasteiger partial charge is 0.493 e. The van der Waals surface area contributed by atoms with Crippen LogP contribution in [0.5, 0.6) is 17.2 Å². The minimum Gasteiger partial charge on any atom is -0.493 e. The maximum atomic E-state index is 14.6. The summed E-state index contributed by atoms with van der Waals surface area (Å²) in [7, 11) is 3.21. The average Bonchev–Trinajstić information content (AvgIpc) is 3.46. The van der Waals surface area contributed by atoms with Crippen molar-refractivity contribution in [1.82, 2.24) is 19.9 Å². The van der Waals surface area contributed by atoms with Gasteiger partial charge in [-0.05, 0) is 75.0 Å². The summed E-state index contributed by atoms with van der Waals surface area (Å²) in [5, 5.41) is 8.62. The van der Waals surface area contributed by atoms with Gasteiger partial charge in [0.2, 0.25) is 11.7 Å². The van der Waals surface area contributed by atoms with Crippen LogP contribution in [-0.2, 0) is 27.3 Å². The molecule has 4 bridgehead atoms. The third-order valence-electron chi connectivity index (χ3n) is 8.95. The number of carbonyl (C=O) groups excluding carboxylic acids is 2. The molecule has 1 saturated carbocycles. The molecule has 0 unspecified atom stereocenters. The lowest BCUT2D eigenvalue weighted by Gasteiger charge is -2.39. The fourth-order valence-electron chi connectivity index (χ4n) is 6.76. The fraction of sp³-hybridized carbons (Fsp3) is 0.688. The molecule has 3 heterocycles. The van der Waals surface area contributed by atoms with E-state index in [2.05, 4.69) is 17.2 Å². The number of piperidine rings is 1. The van der Waals surface area contributed by atoms with E-state index in [1.54, 1.807) is 19.1 Å². The van der Waals surface area contributed by atoms with E-state index >= 15 is 0 Å². The van der Waals surface area contributed by atoms with Gasteiger partial charge in [-0.25, -0.2) is 4.79 Å². The molecule has 1 saturated heterocycles. The molecule has 0 spiro atoms. The number of esters is 1. The summed E-state index contributed by atoms with van der Waals surface area (Å²) in [4.78, 5) is 29.7. The Morgan fingerprint density at radius 3 is 2.52 bits per heavy atom. The second kappa shape index (κ2) is 14.2. The molecule has 1 aromatic heterocycles. The number of cyclic esters (lactones) is 1. The van der Waals surface area contributed by atoms with E-state index < -0.39 is 12.0 Å². The number of methoxy groups -OCH3 is 2. The van der Waals surface area contributed by atoms with E-state index in [-0.39, 0.29) is 23.7 Å². The van der Waals surface area contributed by atoms with E-state index in [1.165, 1.54) is 6.42 Å². The predicted octanol–water partition coefficient (Wildman–Crippen LogP) is 4.93. The van der Waals surface area contributed by atoms with Crippen LogP contribution < -0.4 is 14.2 Å². The van der Waals surface area contributed by atoms with Gasteiger partial charge in [0.05, 0.1) is 39.0 Å². The zero-order chi connectivity index (χ0) is 29.5. The molecule has 3 atom stereocenters. The Morgan fingerprint density at radius 1 is 0.929 bits per heavy atom. The summed E-state index contributed by atoms with van der Waals surface area (Å²) in [6.07, 6.45) is 12.1. The molecule has 3 aliphatic rings. The minimum atomic E-state index is -0.556. The van der Waals surface area contributed by atoms with Crippen molar-refractivity contribution >= 4 is 11.9 Å². The normalized spacial score (nSPS) is 25.1. The van der Waals surface area contributed by atoms with Crippen LogP contribution in [0.1, 0.15) is 88.3 Å². The van der Waals surface area contributed by atoms with E-state index in [1.807, 2.05) is 23.0 Å². The number of hydrogen-bond donors (Lipinski definition) is 0. The number of aromatic nitrogens is 3. The van der Waals surface area contributed by atoms with Gasteiger partial charge in [0.25, 0.3) is 0 Å². The number of amides is 1. The highest BCUT2D eigenvalue weighted by molar-refractivity contribution is 5.89. The van der Waals surface area contributed by atoms with Crippen molar-refractivity contribution in [3.63, 3.8) is 0 Å². The quantitative estimate of drug-likeness (QED) is 0.469. The van der Waals surface area contributed by atoms with Crippen LogP contribution in [0.25, 0.3) is 0 Å². The molecular formula is C32H46N4O6. The number of hydrogen-bond acceptors (Lipinski definition) is 8. The van der Waals surface area contributed by atoms with E-state index in [9.17, 15) is 9.59 Å². The molecule has 2 aliphatic heterocycles. The fourth-order valence-corrected chi connectivity index (χ4v) is 6.76. The molecule has 10 nitrogen and oxygen atoms in total. The smallest absolute Gasteiger partial charge is 0.328 e. The first-order chi connectivity index (χ1) is 20.5. The Bertz CT molecular complexity index is 1210. The van der Waals surface area contributed by atoms with Gasteiger partial charge in [-0.2, -0.15) is 0 Å². The van der Waals surface area contributed by atoms with Crippen LogP contribution in [0.4, 0.5) is 0 Å². The highest BCUT2D eigenvalue weighted by Crippen LogP contribution is 2.45. The van der Waals surface area contributed by atoms with Gasteiger partial charge in [0, 0.05) is 25.2 Å². The zero-order valence-electron chi connectivity index (χ0n) is 25.4. The Morgan fingerprint density at radius 2 is 1.74 bits per heavy atom. The maximum Gasteiger partial charge on any atom is 0.328 e. The number of ether oxygens (including phenoxy) is 4. The molecule has 1 amide bonds. The SMILES string of the molecule is COc1cc2cc(c1OC)OC[C@@H](C)Cn1cc(nn1)CCCCOC(=O)[C@@H]1CCCCN1C(=O)[C@H]2C1CCCCC1. The topological polar surface area (TPSA) is 105 Å². The van der Waals surface area contributed by atoms with E-state index in [0.29, 0.717) is 50.0 Å². The first-order valence-electron chi connectivity index (χ1n) is 15.7. The number of rotatable bonds is 3. The second-order valence-electron chi connectivity index (χ2n) is 12.1. The summed E-state index contributed by atoms with van der Waals surface area (Å²) in [6.45, 7) is 4.10. The van der Waals surface area contributed by atoms with Crippen molar-refractivity contribution in [3.05, 3.63) is 29.6 Å². The molecule has 10 heteroatoms. The lowest BCUT2D eigenvalue weighted by atomic mass is 9.75. The summed E-state index contributed by atoms with van der Waals surface area (Å²) in [5.74, 6) is 1.22. The van der Waals surface area contributed by atoms with Crippen LogP contribution in [0.2, 0.25) is 0 Å². The third-order valence-corrected chi connectivity index (χ3v) is 8.95. The summed E-state index contributed by atoms with van der Waals surface area (Å²) in [5.41, 5.74) is 1.76. The molecular weight excluding hydrogens is 536 g/mol. The van der Waals surface area contributed by atoms with Crippen molar-refractivity contribution < 1.29 is 28.5 Å². The summed E-state index contributed by atoms with van der Waals surface area (Å²) >= 11 is 0. The Balaban J connectivity index is 1.53. The van der Waals surface area contributed by atoms with E-state index in [0.717, 1.165) is 69.0 Å². The number of nitrogens with zero attached hydrogens (tertiary/aromatic N) is 4. The Labute approximate surface area is 249 Å². The van der Waals surface area contributed by atoms with Crippen LogP contribution in [0, 0.1) is 11.8 Å². The Kier molecular flexibility index (Phi) is 10.2. The van der Waals surface area contributed by atoms with Crippen molar-refractivity contribution in [3.8, 4) is 17.2 Å². The van der Waals surface area contributed by atoms with Gasteiger partial charge in [0.15, 0.2) is 11.5 Å². The van der Waals surface area contributed by atoms with Crippen molar-refractivity contribution in [2.24, 2.45) is 11.8 Å². The second-order valence-corrected chi connectivity index (χ2v) is 12.1. The van der Waals surface area contributed by atoms with Crippen LogP contribution >= 0.6 is 0 Å². The van der Waals surface area contributed by atoms with E-state index in [4.69, 9.17) is 18.9 Å². The van der Waals surface area contributed by atoms with Gasteiger partial charge < -0.3 is 23.8 Å². The molecule has 1 aliphatic carbocycles. The number of carbonyl (C=O) groups is 2. The maximum absolute atomic E-state index is 14.6.